The number of benzene rings is 1. The molecule has 0 saturated carbocycles. The fourth-order valence-corrected chi connectivity index (χ4v) is 2.48. The minimum Gasteiger partial charge on any atom is -0.378 e. The van der Waals surface area contributed by atoms with Crippen molar-refractivity contribution >= 4 is 33.9 Å². The molecule has 12 heteroatoms. The van der Waals surface area contributed by atoms with Crippen LogP contribution in [0.25, 0.3) is 5.82 Å². The summed E-state index contributed by atoms with van der Waals surface area (Å²) in [6.07, 6.45) is 1.50. The highest BCUT2D eigenvalue weighted by Gasteiger charge is 2.24. The maximum Gasteiger partial charge on any atom is 0.292 e. The monoisotopic (exact) mass is 420 g/mol. The van der Waals surface area contributed by atoms with Gasteiger partial charge in [0, 0.05) is 11.6 Å². The third kappa shape index (κ3) is 3.75. The van der Waals surface area contributed by atoms with Gasteiger partial charge in [0.25, 0.3) is 5.91 Å². The zero-order valence-electron chi connectivity index (χ0n) is 13.5. The number of nitrogens with one attached hydrogen (secondary N) is 1. The molecule has 0 aliphatic carbocycles. The van der Waals surface area contributed by atoms with Crippen molar-refractivity contribution in [2.45, 2.75) is 6.61 Å². The van der Waals surface area contributed by atoms with Crippen LogP contribution < -0.4 is 11.2 Å². The second-order valence-corrected chi connectivity index (χ2v) is 5.87. The molecule has 2 heterocycles. The van der Waals surface area contributed by atoms with Gasteiger partial charge in [0.2, 0.25) is 11.6 Å². The summed E-state index contributed by atoms with van der Waals surface area (Å²) in [5.41, 5.74) is 9.21. The van der Waals surface area contributed by atoms with Gasteiger partial charge in [-0.05, 0) is 28.0 Å². The molecule has 0 saturated heterocycles. The Morgan fingerprint density at radius 1 is 1.50 bits per heavy atom. The number of carbonyl (C=O) groups excluding carboxylic acids is 1. The molecule has 0 fully saturated rings. The van der Waals surface area contributed by atoms with Crippen molar-refractivity contribution < 1.29 is 14.2 Å². The Bertz CT molecular complexity index is 951. The molecule has 0 atom stereocenters. The van der Waals surface area contributed by atoms with E-state index in [9.17, 15) is 4.79 Å². The van der Waals surface area contributed by atoms with Gasteiger partial charge in [-0.2, -0.15) is 9.78 Å². The van der Waals surface area contributed by atoms with Gasteiger partial charge in [0.15, 0.2) is 5.69 Å². The summed E-state index contributed by atoms with van der Waals surface area (Å²) in [5, 5.41) is 18.8. The van der Waals surface area contributed by atoms with E-state index in [4.69, 9.17) is 10.5 Å². The van der Waals surface area contributed by atoms with Crippen molar-refractivity contribution in [3.63, 3.8) is 0 Å². The molecule has 0 spiro atoms. The van der Waals surface area contributed by atoms with Gasteiger partial charge < -0.3 is 10.5 Å². The van der Waals surface area contributed by atoms with Gasteiger partial charge in [-0.3, -0.25) is 4.79 Å². The van der Waals surface area contributed by atoms with E-state index in [0.29, 0.717) is 0 Å². The van der Waals surface area contributed by atoms with E-state index in [1.165, 1.54) is 13.3 Å². The molecule has 2 aromatic heterocycles. The smallest absolute Gasteiger partial charge is 0.292 e. The van der Waals surface area contributed by atoms with E-state index >= 15 is 0 Å². The van der Waals surface area contributed by atoms with Crippen molar-refractivity contribution in [1.82, 2.24) is 30.7 Å². The maximum absolute atomic E-state index is 12.6. The number of amides is 1. The number of ether oxygens (including phenoxy) is 1. The van der Waals surface area contributed by atoms with Crippen molar-refractivity contribution in [2.75, 3.05) is 12.8 Å². The molecule has 0 bridgehead atoms. The van der Waals surface area contributed by atoms with E-state index in [-0.39, 0.29) is 29.6 Å². The molecule has 1 aromatic carbocycles. The fraction of sp³-hybridized carbons (Fsp3) is 0.143. The normalized spacial score (nSPS) is 11.2. The number of nitrogens with zero attached hydrogens (tertiary/aromatic N) is 6. The Labute approximate surface area is 155 Å². The van der Waals surface area contributed by atoms with Gasteiger partial charge in [-0.1, -0.05) is 33.3 Å². The largest absolute Gasteiger partial charge is 0.378 e. The van der Waals surface area contributed by atoms with E-state index < -0.39 is 5.91 Å². The van der Waals surface area contributed by atoms with Crippen LogP contribution in [0.4, 0.5) is 5.82 Å². The third-order valence-electron chi connectivity index (χ3n) is 3.16. The number of hydrazone groups is 1. The molecule has 134 valence electrons. The van der Waals surface area contributed by atoms with Crippen LogP contribution in [0.2, 0.25) is 0 Å². The average molecular weight is 421 g/mol. The Balaban J connectivity index is 1.86. The van der Waals surface area contributed by atoms with Gasteiger partial charge in [0.1, 0.15) is 5.69 Å². The van der Waals surface area contributed by atoms with Crippen molar-refractivity contribution in [1.29, 1.82) is 0 Å². The lowest BCUT2D eigenvalue weighted by atomic mass is 10.2. The van der Waals surface area contributed by atoms with E-state index in [1.807, 2.05) is 24.3 Å². The first-order chi connectivity index (χ1) is 12.6. The van der Waals surface area contributed by atoms with E-state index in [0.717, 1.165) is 14.7 Å². The lowest BCUT2D eigenvalue weighted by Gasteiger charge is -2.04. The first-order valence-corrected chi connectivity index (χ1v) is 8.00. The SMILES string of the molecule is COCc1nnn(-c2nonc2N)c1C(=O)N/N=C/c1cccc(Br)c1. The minimum absolute atomic E-state index is 0.0365. The maximum atomic E-state index is 12.6. The van der Waals surface area contributed by atoms with Gasteiger partial charge >= 0.3 is 0 Å². The number of carbonyl (C=O) groups is 1. The molecule has 1 amide bonds. The van der Waals surface area contributed by atoms with E-state index in [1.54, 1.807) is 0 Å². The summed E-state index contributed by atoms with van der Waals surface area (Å²) in [7, 11) is 1.47. The van der Waals surface area contributed by atoms with Crippen LogP contribution in [0.3, 0.4) is 0 Å². The number of rotatable bonds is 6. The summed E-state index contributed by atoms with van der Waals surface area (Å²) < 4.78 is 11.6. The Kier molecular flexibility index (Phi) is 5.34. The van der Waals surface area contributed by atoms with Gasteiger partial charge in [-0.25, -0.2) is 10.1 Å². The fourth-order valence-electron chi connectivity index (χ4n) is 2.07. The van der Waals surface area contributed by atoms with Crippen LogP contribution in [-0.2, 0) is 11.3 Å². The average Bonchev–Trinajstić information content (AvgIpc) is 3.21. The molecule has 0 radical (unpaired) electrons. The molecule has 3 N–H and O–H groups in total. The van der Waals surface area contributed by atoms with Crippen LogP contribution in [0, 0.1) is 0 Å². The second kappa shape index (κ2) is 7.84. The second-order valence-electron chi connectivity index (χ2n) is 4.96. The molecular formula is C14H13BrN8O3. The summed E-state index contributed by atoms with van der Waals surface area (Å²) >= 11 is 3.36. The van der Waals surface area contributed by atoms with Crippen LogP contribution >= 0.6 is 15.9 Å². The zero-order valence-corrected chi connectivity index (χ0v) is 15.0. The molecule has 0 aliphatic rings. The summed E-state index contributed by atoms with van der Waals surface area (Å²) in [5.74, 6) is -0.567. The Hall–Kier alpha value is -3.12. The third-order valence-corrected chi connectivity index (χ3v) is 3.65. The quantitative estimate of drug-likeness (QED) is 0.441. The topological polar surface area (TPSA) is 146 Å². The first kappa shape index (κ1) is 17.7. The lowest BCUT2D eigenvalue weighted by molar-refractivity contribution is 0.0942. The minimum atomic E-state index is -0.573. The molecule has 26 heavy (non-hydrogen) atoms. The standard InChI is InChI=1S/C14H13BrN8O3/c1-25-7-10-11(23(22-18-10)13-12(16)20-26-21-13)14(24)19-17-6-8-3-2-4-9(15)5-8/h2-6H,7H2,1H3,(H2,16,20)(H,19,24)/b17-6+. The van der Waals surface area contributed by atoms with Gasteiger partial charge in [0.05, 0.1) is 12.8 Å². The number of nitrogen functional groups attached to an aromatic ring is 1. The highest BCUT2D eigenvalue weighted by molar-refractivity contribution is 9.10. The number of aromatic nitrogens is 5. The van der Waals surface area contributed by atoms with Crippen molar-refractivity contribution in [3.8, 4) is 5.82 Å². The van der Waals surface area contributed by atoms with Gasteiger partial charge in [-0.15, -0.1) is 5.10 Å². The number of methoxy groups -OCH3 is 1. The van der Waals surface area contributed by atoms with Crippen molar-refractivity contribution in [3.05, 3.63) is 45.7 Å². The lowest BCUT2D eigenvalue weighted by Crippen LogP contribution is -2.23. The van der Waals surface area contributed by atoms with E-state index in [2.05, 4.69) is 51.7 Å². The number of hydrogen-bond acceptors (Lipinski definition) is 9. The molecule has 0 aliphatic heterocycles. The number of nitrogens with two attached hydrogens (primary N) is 1. The van der Waals surface area contributed by atoms with Crippen LogP contribution in [0.1, 0.15) is 21.7 Å². The highest BCUT2D eigenvalue weighted by Crippen LogP contribution is 2.16. The summed E-state index contributed by atoms with van der Waals surface area (Å²) in [6, 6.07) is 7.42. The Morgan fingerprint density at radius 2 is 2.35 bits per heavy atom. The number of anilines is 1. The predicted octanol–water partition coefficient (Wildman–Crippen LogP) is 0.905. The molecule has 3 aromatic rings. The number of halogens is 1. The highest BCUT2D eigenvalue weighted by atomic mass is 79.9. The molecule has 0 unspecified atom stereocenters. The van der Waals surface area contributed by atoms with Crippen LogP contribution in [-0.4, -0.2) is 44.5 Å². The predicted molar refractivity (Wildman–Crippen MR) is 93.5 cm³/mol. The van der Waals surface area contributed by atoms with Crippen LogP contribution in [0.5, 0.6) is 0 Å². The van der Waals surface area contributed by atoms with Crippen LogP contribution in [0.15, 0.2) is 38.5 Å². The molecular weight excluding hydrogens is 408 g/mol. The molecule has 11 nitrogen and oxygen atoms in total. The first-order valence-electron chi connectivity index (χ1n) is 7.21. The summed E-state index contributed by atoms with van der Waals surface area (Å²) in [6.45, 7) is 0.0588. The molecule has 3 rings (SSSR count). The Morgan fingerprint density at radius 3 is 3.04 bits per heavy atom. The summed E-state index contributed by atoms with van der Waals surface area (Å²) in [4.78, 5) is 12.6. The van der Waals surface area contributed by atoms with Crippen molar-refractivity contribution in [2.24, 2.45) is 5.10 Å². The number of hydrogen-bond donors (Lipinski definition) is 2. The zero-order chi connectivity index (χ0) is 18.5.